The zero-order valence-electron chi connectivity index (χ0n) is 10.9. The third kappa shape index (κ3) is 3.65. The summed E-state index contributed by atoms with van der Waals surface area (Å²) in [4.78, 5) is 7.07. The molecule has 0 amide bonds. The van der Waals surface area contributed by atoms with Crippen molar-refractivity contribution in [1.82, 2.24) is 9.97 Å². The Kier molecular flexibility index (Phi) is 6.36. The molecule has 0 atom stereocenters. The molecule has 1 aliphatic rings. The van der Waals surface area contributed by atoms with Gasteiger partial charge in [0.1, 0.15) is 0 Å². The maximum atomic E-state index is 4.06. The van der Waals surface area contributed by atoms with Crippen molar-refractivity contribution >= 4 is 41.5 Å². The standard InChI is InChI=1S/C8H9N.C7H6N2.2ClH/c1-2-4-8-7(3-1)5-6-9-8;1-2-4-7-6(3-1)8-5-9-7;;/h1-4,9H,5-6H2;1-5H,(H,8,9);2*1H. The topological polar surface area (TPSA) is 40.7 Å². The van der Waals surface area contributed by atoms with Crippen molar-refractivity contribution in [3.63, 3.8) is 0 Å². The Labute approximate surface area is 130 Å². The van der Waals surface area contributed by atoms with E-state index < -0.39 is 0 Å². The lowest BCUT2D eigenvalue weighted by Gasteiger charge is -1.94. The number of H-pyrrole nitrogens is 1. The summed E-state index contributed by atoms with van der Waals surface area (Å²) in [5, 5.41) is 3.30. The molecule has 106 valence electrons. The molecule has 0 saturated carbocycles. The van der Waals surface area contributed by atoms with Gasteiger partial charge in [-0.05, 0) is 30.2 Å². The summed E-state index contributed by atoms with van der Waals surface area (Å²) in [6, 6.07) is 16.4. The van der Waals surface area contributed by atoms with Gasteiger partial charge in [0.2, 0.25) is 0 Å². The number of imidazole rings is 1. The summed E-state index contributed by atoms with van der Waals surface area (Å²) in [7, 11) is 0. The number of aromatic nitrogens is 2. The number of anilines is 1. The number of hydrogen-bond acceptors (Lipinski definition) is 2. The van der Waals surface area contributed by atoms with Crippen LogP contribution in [-0.4, -0.2) is 16.5 Å². The van der Waals surface area contributed by atoms with E-state index in [9.17, 15) is 0 Å². The van der Waals surface area contributed by atoms with Crippen LogP contribution in [0.3, 0.4) is 0 Å². The van der Waals surface area contributed by atoms with Crippen molar-refractivity contribution in [2.24, 2.45) is 0 Å². The average molecular weight is 310 g/mol. The first-order valence-electron chi connectivity index (χ1n) is 6.13. The zero-order chi connectivity index (χ0) is 12.2. The molecule has 0 radical (unpaired) electrons. The van der Waals surface area contributed by atoms with E-state index in [0.29, 0.717) is 0 Å². The van der Waals surface area contributed by atoms with Gasteiger partial charge in [0.25, 0.3) is 0 Å². The van der Waals surface area contributed by atoms with Crippen LogP contribution in [0.5, 0.6) is 0 Å². The highest BCUT2D eigenvalue weighted by Crippen LogP contribution is 2.19. The molecular formula is C15H17Cl2N3. The van der Waals surface area contributed by atoms with E-state index in [-0.39, 0.29) is 24.8 Å². The Hall–Kier alpha value is -1.71. The quantitative estimate of drug-likeness (QED) is 0.657. The largest absolute Gasteiger partial charge is 0.384 e. The van der Waals surface area contributed by atoms with Crippen LogP contribution < -0.4 is 5.32 Å². The van der Waals surface area contributed by atoms with Crippen LogP contribution in [0.1, 0.15) is 5.56 Å². The van der Waals surface area contributed by atoms with Gasteiger partial charge in [0.15, 0.2) is 0 Å². The number of rotatable bonds is 0. The van der Waals surface area contributed by atoms with Gasteiger partial charge in [0, 0.05) is 12.2 Å². The predicted octanol–water partition coefficient (Wildman–Crippen LogP) is 4.06. The number of halogens is 2. The zero-order valence-corrected chi connectivity index (χ0v) is 12.5. The number of aromatic amines is 1. The molecule has 0 fully saturated rings. The summed E-state index contributed by atoms with van der Waals surface area (Å²) in [5.74, 6) is 0. The molecule has 4 rings (SSSR count). The predicted molar refractivity (Wildman–Crippen MR) is 89.2 cm³/mol. The van der Waals surface area contributed by atoms with Crippen LogP contribution >= 0.6 is 24.8 Å². The number of para-hydroxylation sites is 3. The molecule has 2 N–H and O–H groups in total. The van der Waals surface area contributed by atoms with Crippen LogP contribution in [0.25, 0.3) is 11.0 Å². The van der Waals surface area contributed by atoms with E-state index in [2.05, 4.69) is 39.6 Å². The number of benzene rings is 2. The van der Waals surface area contributed by atoms with Crippen molar-refractivity contribution in [1.29, 1.82) is 0 Å². The molecular weight excluding hydrogens is 293 g/mol. The first-order chi connectivity index (χ1) is 8.93. The van der Waals surface area contributed by atoms with Gasteiger partial charge in [-0.15, -0.1) is 24.8 Å². The van der Waals surface area contributed by atoms with Gasteiger partial charge in [-0.25, -0.2) is 4.98 Å². The molecule has 1 aromatic heterocycles. The second-order valence-corrected chi connectivity index (χ2v) is 4.25. The first-order valence-corrected chi connectivity index (χ1v) is 6.13. The van der Waals surface area contributed by atoms with Crippen molar-refractivity contribution in [3.05, 3.63) is 60.4 Å². The fourth-order valence-corrected chi connectivity index (χ4v) is 2.12. The lowest BCUT2D eigenvalue weighted by atomic mass is 10.2. The molecule has 5 heteroatoms. The first kappa shape index (κ1) is 16.3. The van der Waals surface area contributed by atoms with Crippen LogP contribution in [-0.2, 0) is 6.42 Å². The molecule has 3 nitrogen and oxygen atoms in total. The highest BCUT2D eigenvalue weighted by molar-refractivity contribution is 5.85. The number of hydrogen-bond donors (Lipinski definition) is 2. The summed E-state index contributed by atoms with van der Waals surface area (Å²) in [6.45, 7) is 1.11. The smallest absolute Gasteiger partial charge is 0.0931 e. The van der Waals surface area contributed by atoms with Gasteiger partial charge in [0.05, 0.1) is 17.4 Å². The Morgan fingerprint density at radius 2 is 1.65 bits per heavy atom. The van der Waals surface area contributed by atoms with E-state index in [1.165, 1.54) is 17.7 Å². The molecule has 20 heavy (non-hydrogen) atoms. The van der Waals surface area contributed by atoms with Gasteiger partial charge in [-0.1, -0.05) is 30.3 Å². The molecule has 2 aromatic carbocycles. The van der Waals surface area contributed by atoms with Crippen LogP contribution in [0.15, 0.2) is 54.9 Å². The summed E-state index contributed by atoms with van der Waals surface area (Å²) in [5.41, 5.74) is 4.89. The molecule has 2 heterocycles. The minimum Gasteiger partial charge on any atom is -0.384 e. The van der Waals surface area contributed by atoms with E-state index in [1.807, 2.05) is 24.3 Å². The molecule has 0 aliphatic carbocycles. The van der Waals surface area contributed by atoms with E-state index >= 15 is 0 Å². The minimum absolute atomic E-state index is 0. The van der Waals surface area contributed by atoms with E-state index in [0.717, 1.165) is 17.6 Å². The Morgan fingerprint density at radius 3 is 2.45 bits per heavy atom. The van der Waals surface area contributed by atoms with Gasteiger partial charge < -0.3 is 10.3 Å². The van der Waals surface area contributed by atoms with Gasteiger partial charge in [-0.2, -0.15) is 0 Å². The second-order valence-electron chi connectivity index (χ2n) is 4.25. The third-order valence-corrected chi connectivity index (χ3v) is 3.05. The normalized spacial score (nSPS) is 11.2. The number of nitrogens with zero attached hydrogens (tertiary/aromatic N) is 1. The average Bonchev–Trinajstić information content (AvgIpc) is 3.08. The highest BCUT2D eigenvalue weighted by atomic mass is 35.5. The fourth-order valence-electron chi connectivity index (χ4n) is 2.12. The minimum atomic E-state index is 0. The maximum Gasteiger partial charge on any atom is 0.0931 e. The van der Waals surface area contributed by atoms with Gasteiger partial charge in [-0.3, -0.25) is 0 Å². The van der Waals surface area contributed by atoms with Gasteiger partial charge >= 0.3 is 0 Å². The summed E-state index contributed by atoms with van der Waals surface area (Å²) >= 11 is 0. The molecule has 0 unspecified atom stereocenters. The van der Waals surface area contributed by atoms with Crippen LogP contribution in [0.2, 0.25) is 0 Å². The number of nitrogens with one attached hydrogen (secondary N) is 2. The fraction of sp³-hybridized carbons (Fsp3) is 0.133. The lowest BCUT2D eigenvalue weighted by molar-refractivity contribution is 1.11. The van der Waals surface area contributed by atoms with Crippen LogP contribution in [0.4, 0.5) is 5.69 Å². The number of fused-ring (bicyclic) bond motifs is 2. The van der Waals surface area contributed by atoms with E-state index in [4.69, 9.17) is 0 Å². The second kappa shape index (κ2) is 7.78. The maximum absolute atomic E-state index is 4.06. The molecule has 0 saturated heterocycles. The monoisotopic (exact) mass is 309 g/mol. The SMILES string of the molecule is Cl.Cl.c1ccc2[nH]cnc2c1.c1ccc2c(c1)CCN2. The Morgan fingerprint density at radius 1 is 0.900 bits per heavy atom. The summed E-state index contributed by atoms with van der Waals surface area (Å²) in [6.07, 6.45) is 2.89. The molecule has 1 aliphatic heterocycles. The Balaban J connectivity index is 0.000000182. The Bertz CT molecular complexity index is 599. The van der Waals surface area contributed by atoms with Crippen molar-refractivity contribution in [2.45, 2.75) is 6.42 Å². The van der Waals surface area contributed by atoms with Crippen LogP contribution in [0, 0.1) is 0 Å². The molecule has 0 spiro atoms. The van der Waals surface area contributed by atoms with Crippen molar-refractivity contribution in [2.75, 3.05) is 11.9 Å². The lowest BCUT2D eigenvalue weighted by Crippen LogP contribution is -1.90. The molecule has 3 aromatic rings. The van der Waals surface area contributed by atoms with Crippen molar-refractivity contribution < 1.29 is 0 Å². The summed E-state index contributed by atoms with van der Waals surface area (Å²) < 4.78 is 0. The van der Waals surface area contributed by atoms with Crippen molar-refractivity contribution in [3.8, 4) is 0 Å². The third-order valence-electron chi connectivity index (χ3n) is 3.05. The molecule has 0 bridgehead atoms. The van der Waals surface area contributed by atoms with E-state index in [1.54, 1.807) is 6.33 Å². The highest BCUT2D eigenvalue weighted by Gasteiger charge is 2.05.